The number of benzene rings is 1. The molecule has 0 amide bonds. The first-order valence-electron chi connectivity index (χ1n) is 5.64. The molecule has 0 saturated carbocycles. The van der Waals surface area contributed by atoms with Gasteiger partial charge in [0.15, 0.2) is 0 Å². The summed E-state index contributed by atoms with van der Waals surface area (Å²) in [6.07, 6.45) is 5.49. The number of carboxylic acids is 1. The van der Waals surface area contributed by atoms with E-state index in [2.05, 4.69) is 10.6 Å². The lowest BCUT2D eigenvalue weighted by Gasteiger charge is -2.09. The Bertz CT molecular complexity index is 584. The van der Waals surface area contributed by atoms with Crippen LogP contribution in [-0.2, 0) is 21.2 Å². The summed E-state index contributed by atoms with van der Waals surface area (Å²) in [5, 5.41) is 8.56. The smallest absolute Gasteiger partial charge is 0.303 e. The van der Waals surface area contributed by atoms with Gasteiger partial charge in [-0.3, -0.25) is 4.79 Å². The van der Waals surface area contributed by atoms with Gasteiger partial charge in [0.25, 0.3) is 0 Å². The van der Waals surface area contributed by atoms with Crippen molar-refractivity contribution in [3.8, 4) is 12.3 Å². The maximum absolute atomic E-state index is 11.9. The molecule has 1 aromatic rings. The third-order valence-corrected chi connectivity index (χ3v) is 4.00. The number of rotatable bonds is 6. The van der Waals surface area contributed by atoms with Gasteiger partial charge in [0, 0.05) is 6.42 Å². The molecule has 0 aliphatic heterocycles. The molecule has 0 bridgehead atoms. The van der Waals surface area contributed by atoms with E-state index in [-0.39, 0.29) is 11.3 Å². The van der Waals surface area contributed by atoms with Crippen LogP contribution in [-0.4, -0.2) is 25.5 Å². The van der Waals surface area contributed by atoms with E-state index in [4.69, 9.17) is 11.5 Å². The standard InChI is InChI=1S/C13H15NO4S/c1-3-10(2)14-19(17,18)12-7-4-11(5-8-12)6-9-13(15)16/h1,4-5,7-8,10,14H,6,9H2,2H3,(H,15,16). The molecule has 0 saturated heterocycles. The summed E-state index contributed by atoms with van der Waals surface area (Å²) >= 11 is 0. The summed E-state index contributed by atoms with van der Waals surface area (Å²) in [6, 6.07) is 5.47. The Morgan fingerprint density at radius 1 is 1.42 bits per heavy atom. The molecule has 0 radical (unpaired) electrons. The number of nitrogens with one attached hydrogen (secondary N) is 1. The van der Waals surface area contributed by atoms with Crippen molar-refractivity contribution in [2.75, 3.05) is 0 Å². The number of carboxylic acid groups (broad SMARTS) is 1. The lowest BCUT2D eigenvalue weighted by atomic mass is 10.1. The minimum atomic E-state index is -3.63. The van der Waals surface area contributed by atoms with Crippen LogP contribution in [0, 0.1) is 12.3 Å². The second-order valence-electron chi connectivity index (χ2n) is 4.05. The molecule has 6 heteroatoms. The minimum Gasteiger partial charge on any atom is -0.481 e. The van der Waals surface area contributed by atoms with E-state index in [0.717, 1.165) is 5.56 Å². The fraction of sp³-hybridized carbons (Fsp3) is 0.308. The molecular weight excluding hydrogens is 266 g/mol. The normalized spacial score (nSPS) is 12.6. The van der Waals surface area contributed by atoms with E-state index < -0.39 is 22.0 Å². The number of sulfonamides is 1. The van der Waals surface area contributed by atoms with Crippen molar-refractivity contribution in [3.63, 3.8) is 0 Å². The van der Waals surface area contributed by atoms with Crippen molar-refractivity contribution >= 4 is 16.0 Å². The molecular formula is C13H15NO4S. The van der Waals surface area contributed by atoms with Crippen molar-refractivity contribution in [1.29, 1.82) is 0 Å². The quantitative estimate of drug-likeness (QED) is 0.762. The molecule has 1 rings (SSSR count). The molecule has 1 unspecified atom stereocenters. The molecule has 2 N–H and O–H groups in total. The molecule has 0 heterocycles. The van der Waals surface area contributed by atoms with Gasteiger partial charge in [-0.1, -0.05) is 18.1 Å². The maximum atomic E-state index is 11.9. The molecule has 1 aromatic carbocycles. The van der Waals surface area contributed by atoms with Gasteiger partial charge in [-0.05, 0) is 31.0 Å². The van der Waals surface area contributed by atoms with Gasteiger partial charge in [0.1, 0.15) is 0 Å². The fourth-order valence-electron chi connectivity index (χ4n) is 1.42. The zero-order chi connectivity index (χ0) is 14.5. The predicted octanol–water partition coefficient (Wildman–Crippen LogP) is 1.00. The van der Waals surface area contributed by atoms with Gasteiger partial charge >= 0.3 is 5.97 Å². The van der Waals surface area contributed by atoms with Crippen LogP contribution >= 0.6 is 0 Å². The first kappa shape index (κ1) is 15.2. The summed E-state index contributed by atoms with van der Waals surface area (Å²) in [5.74, 6) is 1.39. The second kappa shape index (κ2) is 6.36. The third-order valence-electron chi connectivity index (χ3n) is 2.44. The van der Waals surface area contributed by atoms with Gasteiger partial charge in [0.2, 0.25) is 10.0 Å². The molecule has 0 aliphatic carbocycles. The lowest BCUT2D eigenvalue weighted by Crippen LogP contribution is -2.31. The zero-order valence-corrected chi connectivity index (χ0v) is 11.3. The van der Waals surface area contributed by atoms with Gasteiger partial charge < -0.3 is 5.11 Å². The molecule has 0 aliphatic rings. The summed E-state index contributed by atoms with van der Waals surface area (Å²) in [5.41, 5.74) is 0.770. The molecule has 102 valence electrons. The first-order chi connectivity index (χ1) is 8.85. The van der Waals surface area contributed by atoms with Crippen molar-refractivity contribution < 1.29 is 18.3 Å². The van der Waals surface area contributed by atoms with Crippen molar-refractivity contribution in [3.05, 3.63) is 29.8 Å². The van der Waals surface area contributed by atoms with E-state index in [1.807, 2.05) is 0 Å². The third kappa shape index (κ3) is 4.73. The Morgan fingerprint density at radius 2 is 2.00 bits per heavy atom. The second-order valence-corrected chi connectivity index (χ2v) is 5.76. The highest BCUT2D eigenvalue weighted by molar-refractivity contribution is 7.89. The average Bonchev–Trinajstić information content (AvgIpc) is 2.36. The number of hydrogen-bond donors (Lipinski definition) is 2. The van der Waals surface area contributed by atoms with E-state index in [9.17, 15) is 13.2 Å². The average molecular weight is 281 g/mol. The number of hydrogen-bond acceptors (Lipinski definition) is 3. The van der Waals surface area contributed by atoms with Crippen LogP contribution in [0.15, 0.2) is 29.2 Å². The molecule has 19 heavy (non-hydrogen) atoms. The summed E-state index contributed by atoms with van der Waals surface area (Å²) in [7, 11) is -3.63. The minimum absolute atomic E-state index is 0.0124. The highest BCUT2D eigenvalue weighted by Gasteiger charge is 2.15. The Kier molecular flexibility index (Phi) is 5.10. The first-order valence-corrected chi connectivity index (χ1v) is 7.12. The monoisotopic (exact) mass is 281 g/mol. The summed E-state index contributed by atoms with van der Waals surface area (Å²) in [4.78, 5) is 10.5. The van der Waals surface area contributed by atoms with Crippen LogP contribution in [0.25, 0.3) is 0 Å². The zero-order valence-electron chi connectivity index (χ0n) is 10.5. The van der Waals surface area contributed by atoms with Crippen LogP contribution in [0.3, 0.4) is 0 Å². The Hall–Kier alpha value is -1.84. The number of aliphatic carboxylic acids is 1. The van der Waals surface area contributed by atoms with Gasteiger partial charge in [-0.25, -0.2) is 8.42 Å². The van der Waals surface area contributed by atoms with Crippen LogP contribution in [0.4, 0.5) is 0 Å². The largest absolute Gasteiger partial charge is 0.481 e. The summed E-state index contributed by atoms with van der Waals surface area (Å²) in [6.45, 7) is 1.57. The molecule has 1 atom stereocenters. The highest BCUT2D eigenvalue weighted by Crippen LogP contribution is 2.12. The van der Waals surface area contributed by atoms with Crippen molar-refractivity contribution in [2.24, 2.45) is 0 Å². The molecule has 0 fully saturated rings. The van der Waals surface area contributed by atoms with Crippen LogP contribution in [0.1, 0.15) is 18.9 Å². The Labute approximate surface area is 112 Å². The molecule has 0 aromatic heterocycles. The Morgan fingerprint density at radius 3 is 2.47 bits per heavy atom. The van der Waals surface area contributed by atoms with Crippen LogP contribution in [0.5, 0.6) is 0 Å². The summed E-state index contributed by atoms with van der Waals surface area (Å²) < 4.78 is 26.1. The number of terminal acetylenes is 1. The molecule has 5 nitrogen and oxygen atoms in total. The topological polar surface area (TPSA) is 83.5 Å². The van der Waals surface area contributed by atoms with Gasteiger partial charge in [-0.2, -0.15) is 4.72 Å². The van der Waals surface area contributed by atoms with Crippen LogP contribution < -0.4 is 4.72 Å². The molecule has 0 spiro atoms. The Balaban J connectivity index is 2.81. The lowest BCUT2D eigenvalue weighted by molar-refractivity contribution is -0.136. The van der Waals surface area contributed by atoms with E-state index in [1.165, 1.54) is 12.1 Å². The maximum Gasteiger partial charge on any atom is 0.303 e. The van der Waals surface area contributed by atoms with E-state index in [0.29, 0.717) is 6.42 Å². The predicted molar refractivity (Wildman–Crippen MR) is 71.0 cm³/mol. The SMILES string of the molecule is C#CC(C)NS(=O)(=O)c1ccc(CCC(=O)O)cc1. The van der Waals surface area contributed by atoms with Crippen molar-refractivity contribution in [1.82, 2.24) is 4.72 Å². The number of carbonyl (C=O) groups is 1. The van der Waals surface area contributed by atoms with E-state index in [1.54, 1.807) is 19.1 Å². The van der Waals surface area contributed by atoms with E-state index >= 15 is 0 Å². The van der Waals surface area contributed by atoms with Gasteiger partial charge in [0.05, 0.1) is 10.9 Å². The number of aryl methyl sites for hydroxylation is 1. The van der Waals surface area contributed by atoms with Crippen molar-refractivity contribution in [2.45, 2.75) is 30.7 Å². The fourth-order valence-corrected chi connectivity index (χ4v) is 2.59. The van der Waals surface area contributed by atoms with Gasteiger partial charge in [-0.15, -0.1) is 6.42 Å². The van der Waals surface area contributed by atoms with Crippen LogP contribution in [0.2, 0.25) is 0 Å². The highest BCUT2D eigenvalue weighted by atomic mass is 32.2.